The van der Waals surface area contributed by atoms with Gasteiger partial charge in [0, 0.05) is 6.42 Å². The van der Waals surface area contributed by atoms with Crippen molar-refractivity contribution in [2.75, 3.05) is 6.54 Å². The van der Waals surface area contributed by atoms with Crippen LogP contribution in [0.2, 0.25) is 0 Å². The Morgan fingerprint density at radius 1 is 1.02 bits per heavy atom. The summed E-state index contributed by atoms with van der Waals surface area (Å²) in [7, 11) is 0. The van der Waals surface area contributed by atoms with Crippen molar-refractivity contribution in [1.29, 1.82) is 0 Å². The molecule has 40 heavy (non-hydrogen) atoms. The number of nitrogens with one attached hydrogen (secondary N) is 2. The van der Waals surface area contributed by atoms with Gasteiger partial charge in [-0.1, -0.05) is 65.5 Å². The lowest BCUT2D eigenvalue weighted by Crippen LogP contribution is -2.59. The monoisotopic (exact) mass is 558 g/mol. The Hall–Kier alpha value is -1.44. The Kier molecular flexibility index (Phi) is 9.78. The highest BCUT2D eigenvalue weighted by molar-refractivity contribution is 5.86. The number of nitrogens with two attached hydrogens (primary N) is 2. The predicted octanol–water partition coefficient (Wildman–Crippen LogP) is 4.97. The van der Waals surface area contributed by atoms with Crippen LogP contribution in [0.4, 0.5) is 0 Å². The average molecular weight is 559 g/mol. The van der Waals surface area contributed by atoms with Gasteiger partial charge >= 0.3 is 0 Å². The quantitative estimate of drug-likeness (QED) is 0.170. The molecule has 1 unspecified atom stereocenters. The lowest BCUT2D eigenvalue weighted by Gasteiger charge is -2.59. The van der Waals surface area contributed by atoms with E-state index in [-0.39, 0.29) is 5.41 Å². The molecule has 0 aliphatic heterocycles. The number of aliphatic hydroxyl groups is 1. The van der Waals surface area contributed by atoms with Gasteiger partial charge in [0.15, 0.2) is 0 Å². The van der Waals surface area contributed by atoms with Gasteiger partial charge in [-0.05, 0) is 111 Å². The predicted molar refractivity (Wildman–Crippen MR) is 161 cm³/mol. The average Bonchev–Trinajstić information content (AvgIpc) is 3.26. The second-order valence-corrected chi connectivity index (χ2v) is 15.0. The number of primary amides is 1. The lowest BCUT2D eigenvalue weighted by atomic mass is 9.46. The summed E-state index contributed by atoms with van der Waals surface area (Å²) in [5, 5.41) is 11.5. The van der Waals surface area contributed by atoms with Crippen molar-refractivity contribution in [1.82, 2.24) is 10.9 Å². The van der Waals surface area contributed by atoms with Gasteiger partial charge in [-0.3, -0.25) is 15.0 Å². The Labute approximate surface area is 243 Å². The molecule has 0 spiro atoms. The summed E-state index contributed by atoms with van der Waals surface area (Å²) in [5.74, 6) is 3.54. The van der Waals surface area contributed by atoms with Gasteiger partial charge in [0.2, 0.25) is 5.91 Å². The van der Waals surface area contributed by atoms with Gasteiger partial charge < -0.3 is 16.6 Å². The van der Waals surface area contributed by atoms with Crippen LogP contribution in [0.1, 0.15) is 118 Å². The molecular formula is C33H58N4O3. The molecule has 4 aliphatic rings. The van der Waals surface area contributed by atoms with Gasteiger partial charge in [-0.25, -0.2) is 5.43 Å². The normalized spacial score (nSPS) is 38.5. The number of fused-ring (bicyclic) bond motifs is 5. The highest BCUT2D eigenvalue weighted by Gasteiger charge is 2.60. The highest BCUT2D eigenvalue weighted by Crippen LogP contribution is 2.67. The van der Waals surface area contributed by atoms with E-state index in [9.17, 15) is 14.7 Å². The van der Waals surface area contributed by atoms with Gasteiger partial charge in [-0.2, -0.15) is 0 Å². The molecule has 0 radical (unpaired) electrons. The largest absolute Gasteiger partial charge is 0.380 e. The van der Waals surface area contributed by atoms with Crippen molar-refractivity contribution in [3.8, 4) is 0 Å². The van der Waals surface area contributed by atoms with Gasteiger partial charge in [0.05, 0.1) is 0 Å². The van der Waals surface area contributed by atoms with Crippen molar-refractivity contribution in [3.05, 3.63) is 11.6 Å². The summed E-state index contributed by atoms with van der Waals surface area (Å²) >= 11 is 0. The fourth-order valence-electron chi connectivity index (χ4n) is 9.74. The summed E-state index contributed by atoms with van der Waals surface area (Å²) in [6.45, 7) is 12.7. The number of allylic oxidation sites excluding steroid dienone is 1. The van der Waals surface area contributed by atoms with Crippen molar-refractivity contribution < 1.29 is 14.7 Å². The Morgan fingerprint density at radius 3 is 2.45 bits per heavy atom. The molecule has 3 fully saturated rings. The molecule has 0 heterocycles. The molecule has 7 heteroatoms. The topological polar surface area (TPSA) is 130 Å². The first kappa shape index (κ1) is 31.5. The van der Waals surface area contributed by atoms with E-state index in [0.717, 1.165) is 36.5 Å². The van der Waals surface area contributed by atoms with Crippen LogP contribution in [0, 0.1) is 46.3 Å². The van der Waals surface area contributed by atoms with Gasteiger partial charge in [-0.15, -0.1) is 0 Å². The van der Waals surface area contributed by atoms with E-state index in [1.165, 1.54) is 50.5 Å². The zero-order valence-electron chi connectivity index (χ0n) is 25.9. The molecule has 3 saturated carbocycles. The zero-order valence-corrected chi connectivity index (χ0v) is 25.9. The molecule has 4 aliphatic carbocycles. The van der Waals surface area contributed by atoms with Crippen LogP contribution in [0.3, 0.4) is 0 Å². The SMILES string of the molecule is CC(C)CCC[C@@H](C)[C@H]1CC[C@H]2[C@@H]3CC=C4CC(O)(C(=O)NN[C@@H](CCCN)C(N)=O)CC[C@]4(C)[C@H]3CC[C@]12C. The number of hydrazine groups is 1. The molecule has 4 rings (SSSR count). The van der Waals surface area contributed by atoms with E-state index < -0.39 is 23.5 Å². The number of carbonyl (C=O) groups excluding carboxylic acids is 2. The van der Waals surface area contributed by atoms with Crippen LogP contribution in [0.15, 0.2) is 11.6 Å². The third-order valence-electron chi connectivity index (χ3n) is 12.2. The molecular weight excluding hydrogens is 500 g/mol. The Balaban J connectivity index is 1.42. The molecule has 0 aromatic rings. The Bertz CT molecular complexity index is 952. The molecule has 228 valence electrons. The maximum absolute atomic E-state index is 13.2. The Morgan fingerprint density at radius 2 is 1.77 bits per heavy atom. The smallest absolute Gasteiger partial charge is 0.266 e. The van der Waals surface area contributed by atoms with Crippen LogP contribution in [0.5, 0.6) is 0 Å². The van der Waals surface area contributed by atoms with Crippen LogP contribution in [0.25, 0.3) is 0 Å². The van der Waals surface area contributed by atoms with Crippen molar-refractivity contribution in [2.45, 2.75) is 130 Å². The van der Waals surface area contributed by atoms with E-state index in [1.54, 1.807) is 0 Å². The van der Waals surface area contributed by atoms with E-state index >= 15 is 0 Å². The van der Waals surface area contributed by atoms with Crippen molar-refractivity contribution >= 4 is 11.8 Å². The number of hydrogen-bond acceptors (Lipinski definition) is 5. The second kappa shape index (κ2) is 12.4. The minimum Gasteiger partial charge on any atom is -0.380 e. The zero-order chi connectivity index (χ0) is 29.3. The third-order valence-corrected chi connectivity index (χ3v) is 12.2. The molecule has 7 nitrogen and oxygen atoms in total. The van der Waals surface area contributed by atoms with Gasteiger partial charge in [0.25, 0.3) is 5.91 Å². The third kappa shape index (κ3) is 6.03. The van der Waals surface area contributed by atoms with Crippen LogP contribution >= 0.6 is 0 Å². The minimum atomic E-state index is -1.48. The second-order valence-electron chi connectivity index (χ2n) is 15.0. The van der Waals surface area contributed by atoms with Gasteiger partial charge in [0.1, 0.15) is 11.6 Å². The fraction of sp³-hybridized carbons (Fsp3) is 0.879. The van der Waals surface area contributed by atoms with Crippen LogP contribution < -0.4 is 22.3 Å². The summed E-state index contributed by atoms with van der Waals surface area (Å²) in [6, 6.07) is -0.704. The highest BCUT2D eigenvalue weighted by atomic mass is 16.3. The van der Waals surface area contributed by atoms with E-state index in [0.29, 0.717) is 49.5 Å². The molecule has 0 bridgehead atoms. The molecule has 7 N–H and O–H groups in total. The van der Waals surface area contributed by atoms with Crippen molar-refractivity contribution in [2.24, 2.45) is 57.8 Å². The number of hydrogen-bond donors (Lipinski definition) is 5. The first-order valence-electron chi connectivity index (χ1n) is 16.3. The number of amides is 2. The lowest BCUT2D eigenvalue weighted by molar-refractivity contribution is -0.147. The number of rotatable bonds is 12. The maximum atomic E-state index is 13.2. The summed E-state index contributed by atoms with van der Waals surface area (Å²) < 4.78 is 0. The van der Waals surface area contributed by atoms with E-state index in [1.807, 2.05) is 0 Å². The minimum absolute atomic E-state index is 0.0437. The molecule has 0 aromatic heterocycles. The number of carbonyl (C=O) groups is 2. The first-order chi connectivity index (χ1) is 18.9. The first-order valence-corrected chi connectivity index (χ1v) is 16.3. The summed E-state index contributed by atoms with van der Waals surface area (Å²) in [6.07, 6.45) is 15.5. The molecule has 9 atom stereocenters. The van der Waals surface area contributed by atoms with Crippen LogP contribution in [-0.4, -0.2) is 35.1 Å². The van der Waals surface area contributed by atoms with Crippen LogP contribution in [-0.2, 0) is 9.59 Å². The maximum Gasteiger partial charge on any atom is 0.266 e. The molecule has 0 saturated heterocycles. The molecule has 0 aromatic carbocycles. The standard InChI is InChI=1S/C33H58N4O3/c1-21(2)8-6-9-22(3)25-13-14-26-24-12-11-23-20-33(40,30(39)37-36-28(29(35)38)10-7-19-34)18-17-31(23,4)27(24)15-16-32(25,26)5/h11,21-22,24-28,36,40H,6-10,12-20,34H2,1-5H3,(H2,35,38)(H,37,39)/t22-,24+,25-,26+,27+,28+,31+,32-,33?/m1/s1. The van der Waals surface area contributed by atoms with E-state index in [4.69, 9.17) is 11.5 Å². The fourth-order valence-corrected chi connectivity index (χ4v) is 9.74. The van der Waals surface area contributed by atoms with Crippen molar-refractivity contribution in [3.63, 3.8) is 0 Å². The summed E-state index contributed by atoms with van der Waals surface area (Å²) in [5.41, 5.74) is 16.7. The molecule has 2 amide bonds. The van der Waals surface area contributed by atoms with E-state index in [2.05, 4.69) is 51.5 Å². The summed E-state index contributed by atoms with van der Waals surface area (Å²) in [4.78, 5) is 24.9.